The number of hydrazone groups is 2. The molecule has 2 aliphatic rings. The van der Waals surface area contributed by atoms with Crippen molar-refractivity contribution in [3.63, 3.8) is 0 Å². The van der Waals surface area contributed by atoms with Crippen molar-refractivity contribution in [1.82, 2.24) is 30.4 Å². The van der Waals surface area contributed by atoms with Crippen LogP contribution in [0, 0.1) is 11.6 Å². The highest BCUT2D eigenvalue weighted by Gasteiger charge is 2.22. The Morgan fingerprint density at radius 3 is 1.62 bits per heavy atom. The molecule has 0 aliphatic carbocycles. The van der Waals surface area contributed by atoms with Crippen LogP contribution in [0.3, 0.4) is 0 Å². The molecular weight excluding hydrogens is 757 g/mol. The van der Waals surface area contributed by atoms with Crippen LogP contribution in [0.1, 0.15) is 48.2 Å². The molecule has 0 atom stereocenters. The Kier molecular flexibility index (Phi) is 14.4. The van der Waals surface area contributed by atoms with Gasteiger partial charge in [-0.1, -0.05) is 46.9 Å². The van der Waals surface area contributed by atoms with Crippen LogP contribution in [0.15, 0.2) is 70.9 Å². The third-order valence-electron chi connectivity index (χ3n) is 7.35. The second kappa shape index (κ2) is 18.9. The van der Waals surface area contributed by atoms with Gasteiger partial charge in [0.25, 0.3) is 11.8 Å². The summed E-state index contributed by atoms with van der Waals surface area (Å²) in [6, 6.07) is 15.8. The van der Waals surface area contributed by atoms with Crippen LogP contribution in [-0.2, 0) is 32.0 Å². The first-order valence-electron chi connectivity index (χ1n) is 15.7. The molecule has 4 aromatic rings. The van der Waals surface area contributed by atoms with Crippen LogP contribution in [0.25, 0.3) is 0 Å². The first-order chi connectivity index (χ1) is 25.2. The fraction of sp³-hybridized carbons (Fsp3) is 0.235. The number of primary amides is 1. The van der Waals surface area contributed by atoms with Gasteiger partial charge in [0.15, 0.2) is 11.0 Å². The zero-order valence-corrected chi connectivity index (χ0v) is 30.5. The molecule has 2 aromatic heterocycles. The second-order valence-corrected chi connectivity index (χ2v) is 12.6. The monoisotopic (exact) mass is 786 g/mol. The summed E-state index contributed by atoms with van der Waals surface area (Å²) in [6.45, 7) is 0. The van der Waals surface area contributed by atoms with Crippen molar-refractivity contribution in [2.45, 2.75) is 38.5 Å². The number of halogens is 5. The maximum atomic E-state index is 13.2. The lowest BCUT2D eigenvalue weighted by atomic mass is 10.1. The van der Waals surface area contributed by atoms with E-state index in [-0.39, 0.29) is 51.9 Å². The molecule has 0 bridgehead atoms. The maximum absolute atomic E-state index is 13.2. The van der Waals surface area contributed by atoms with Gasteiger partial charge >= 0.3 is 0 Å². The molecule has 2 aliphatic heterocycles. The summed E-state index contributed by atoms with van der Waals surface area (Å²) in [5.74, 6) is -1.81. The number of rotatable bonds is 7. The number of benzene rings is 2. The standard InChI is InChI=1S/C17H15ClFN5O2.C11H7Cl2FN2.C6H9N3O2/c1-24-16(25)7-5-14(23-24)17(26)20-15-6-3-11(21-22-15)8-10-2-4-13(19)12(18)9-10;12-9-6-7(1-3-10(9)14)5-8-2-4-11(13)16-15-8;1-9-5(10)3-2-4(8-9)6(7)11/h2-4,6,9H,5,7-8H2,1H3,(H,20,22,26);1-4,6H,5H2;2-3H2,1H3,(H2,7,11). The molecule has 0 saturated heterocycles. The van der Waals surface area contributed by atoms with Gasteiger partial charge in [-0.15, -0.1) is 10.2 Å². The van der Waals surface area contributed by atoms with Crippen LogP contribution in [0.5, 0.6) is 0 Å². The van der Waals surface area contributed by atoms with Crippen molar-refractivity contribution in [1.29, 1.82) is 0 Å². The van der Waals surface area contributed by atoms with Gasteiger partial charge in [-0.05, 0) is 59.7 Å². The molecule has 53 heavy (non-hydrogen) atoms. The lowest BCUT2D eigenvalue weighted by Gasteiger charge is -2.18. The number of carbonyl (C=O) groups is 4. The molecule has 0 unspecified atom stereocenters. The van der Waals surface area contributed by atoms with E-state index in [9.17, 15) is 28.0 Å². The topological polar surface area (TPSA) is 189 Å². The van der Waals surface area contributed by atoms with Gasteiger partial charge in [0.2, 0.25) is 11.8 Å². The Morgan fingerprint density at radius 2 is 1.19 bits per heavy atom. The lowest BCUT2D eigenvalue weighted by Crippen LogP contribution is -2.34. The van der Waals surface area contributed by atoms with Crippen molar-refractivity contribution >= 4 is 75.7 Å². The first-order valence-corrected chi connectivity index (χ1v) is 16.8. The fourth-order valence-corrected chi connectivity index (χ4v) is 5.05. The van der Waals surface area contributed by atoms with E-state index < -0.39 is 23.4 Å². The van der Waals surface area contributed by atoms with E-state index in [1.165, 1.54) is 32.3 Å². The number of nitrogens with zero attached hydrogens (tertiary/aromatic N) is 8. The smallest absolute Gasteiger partial charge is 0.273 e. The molecule has 0 fully saturated rings. The minimum atomic E-state index is -0.552. The summed E-state index contributed by atoms with van der Waals surface area (Å²) in [5, 5.41) is 28.7. The lowest BCUT2D eigenvalue weighted by molar-refractivity contribution is -0.131. The van der Waals surface area contributed by atoms with Crippen LogP contribution in [0.4, 0.5) is 14.6 Å². The summed E-state index contributed by atoms with van der Waals surface area (Å²) >= 11 is 17.1. The van der Waals surface area contributed by atoms with Gasteiger partial charge in [0.05, 0.1) is 21.4 Å². The van der Waals surface area contributed by atoms with Crippen LogP contribution in [0.2, 0.25) is 15.2 Å². The van der Waals surface area contributed by atoms with E-state index in [4.69, 9.17) is 40.5 Å². The molecule has 0 saturated carbocycles. The Balaban J connectivity index is 0.000000197. The van der Waals surface area contributed by atoms with Gasteiger partial charge in [0.1, 0.15) is 23.1 Å². The Labute approximate surface area is 317 Å². The largest absolute Gasteiger partial charge is 0.364 e. The quantitative estimate of drug-likeness (QED) is 0.262. The van der Waals surface area contributed by atoms with E-state index in [1.54, 1.807) is 42.5 Å². The number of nitrogens with two attached hydrogens (primary N) is 1. The van der Waals surface area contributed by atoms with E-state index in [1.807, 2.05) is 0 Å². The summed E-state index contributed by atoms with van der Waals surface area (Å²) in [5.41, 5.74) is 8.58. The highest BCUT2D eigenvalue weighted by Crippen LogP contribution is 2.19. The average Bonchev–Trinajstić information content (AvgIpc) is 3.12. The molecule has 14 nitrogen and oxygen atoms in total. The normalized spacial score (nSPS) is 13.9. The predicted octanol–water partition coefficient (Wildman–Crippen LogP) is 5.00. The second-order valence-electron chi connectivity index (χ2n) is 11.4. The molecule has 6 rings (SSSR count). The van der Waals surface area contributed by atoms with Crippen LogP contribution < -0.4 is 11.1 Å². The number of hydrogen-bond acceptors (Lipinski definition) is 10. The van der Waals surface area contributed by atoms with Crippen LogP contribution in [-0.4, -0.2) is 79.6 Å². The summed E-state index contributed by atoms with van der Waals surface area (Å²) in [6.07, 6.45) is 2.18. The third-order valence-corrected chi connectivity index (χ3v) is 8.13. The molecule has 19 heteroatoms. The van der Waals surface area contributed by atoms with E-state index in [2.05, 4.69) is 35.9 Å². The number of carbonyl (C=O) groups excluding carboxylic acids is 4. The van der Waals surface area contributed by atoms with E-state index >= 15 is 0 Å². The minimum Gasteiger partial charge on any atom is -0.364 e. The van der Waals surface area contributed by atoms with Gasteiger partial charge in [0, 0.05) is 52.6 Å². The fourth-order valence-electron chi connectivity index (χ4n) is 4.54. The van der Waals surface area contributed by atoms with Gasteiger partial charge in [-0.3, -0.25) is 19.2 Å². The number of hydrogen-bond donors (Lipinski definition) is 2. The Hall–Kier alpha value is -5.45. The zero-order chi connectivity index (χ0) is 38.7. The van der Waals surface area contributed by atoms with Crippen molar-refractivity contribution in [3.05, 3.63) is 110 Å². The Morgan fingerprint density at radius 1 is 0.698 bits per heavy atom. The molecule has 276 valence electrons. The van der Waals surface area contributed by atoms with Crippen molar-refractivity contribution in [3.8, 4) is 0 Å². The number of amides is 4. The summed E-state index contributed by atoms with van der Waals surface area (Å²) < 4.78 is 26.1. The molecule has 4 amide bonds. The zero-order valence-electron chi connectivity index (χ0n) is 28.2. The number of aromatic nitrogens is 4. The van der Waals surface area contributed by atoms with Gasteiger partial charge in [-0.25, -0.2) is 18.8 Å². The van der Waals surface area contributed by atoms with Gasteiger partial charge < -0.3 is 11.1 Å². The highest BCUT2D eigenvalue weighted by atomic mass is 35.5. The van der Waals surface area contributed by atoms with Crippen LogP contribution >= 0.6 is 34.8 Å². The first kappa shape index (κ1) is 40.3. The average molecular weight is 788 g/mol. The van der Waals surface area contributed by atoms with Crippen molar-refractivity contribution < 1.29 is 28.0 Å². The predicted molar refractivity (Wildman–Crippen MR) is 194 cm³/mol. The SMILES string of the molecule is CN1N=C(C(=O)Nc2ccc(Cc3ccc(F)c(Cl)c3)nn2)CCC1=O.CN1N=C(C(N)=O)CCC1=O.Fc1ccc(Cc2ccc(Cl)nn2)cc1Cl. The molecule has 2 aromatic carbocycles. The summed E-state index contributed by atoms with van der Waals surface area (Å²) in [4.78, 5) is 44.9. The molecule has 3 N–H and O–H groups in total. The van der Waals surface area contributed by atoms with E-state index in [0.717, 1.165) is 26.8 Å². The number of nitrogens with one attached hydrogen (secondary N) is 1. The Bertz CT molecular complexity index is 2050. The van der Waals surface area contributed by atoms with Crippen molar-refractivity contribution in [2.24, 2.45) is 15.9 Å². The summed E-state index contributed by atoms with van der Waals surface area (Å²) in [7, 11) is 3.01. The minimum absolute atomic E-state index is 0.0519. The maximum Gasteiger partial charge on any atom is 0.273 e. The van der Waals surface area contributed by atoms with Gasteiger partial charge in [-0.2, -0.15) is 20.4 Å². The molecular formula is C34H31Cl3F2N10O4. The van der Waals surface area contributed by atoms with Crippen molar-refractivity contribution in [2.75, 3.05) is 19.4 Å². The highest BCUT2D eigenvalue weighted by molar-refractivity contribution is 6.43. The van der Waals surface area contributed by atoms with E-state index in [0.29, 0.717) is 36.5 Å². The molecule has 0 radical (unpaired) electrons. The molecule has 4 heterocycles. The molecule has 0 spiro atoms. The number of anilines is 1. The third kappa shape index (κ3) is 12.3.